The summed E-state index contributed by atoms with van der Waals surface area (Å²) in [4.78, 5) is 20.9. The highest BCUT2D eigenvalue weighted by molar-refractivity contribution is 8.44. The van der Waals surface area contributed by atoms with E-state index in [1.165, 1.54) is 31.1 Å². The minimum Gasteiger partial charge on any atom is -0.386 e. The molecule has 23 heteroatoms. The molecule has 250 valence electrons. The quantitative estimate of drug-likeness (QED) is 0.131. The molecule has 4 aromatic heterocycles. The van der Waals surface area contributed by atoms with Crippen LogP contribution in [0.5, 0.6) is 0 Å². The van der Waals surface area contributed by atoms with Crippen LogP contribution < -0.4 is 11.1 Å². The molecule has 6 unspecified atom stereocenters. The van der Waals surface area contributed by atoms with Gasteiger partial charge in [0.25, 0.3) is 15.0 Å². The van der Waals surface area contributed by atoms with Gasteiger partial charge < -0.3 is 39.2 Å². The van der Waals surface area contributed by atoms with Gasteiger partial charge in [-0.15, -0.1) is 0 Å². The topological polar surface area (TPSA) is 222 Å². The highest BCUT2D eigenvalue weighted by Crippen LogP contribution is 2.58. The van der Waals surface area contributed by atoms with Crippen molar-refractivity contribution in [3.8, 4) is 0 Å². The molecule has 0 saturated carbocycles. The zero-order valence-corrected chi connectivity index (χ0v) is 27.3. The summed E-state index contributed by atoms with van der Waals surface area (Å²) in [5.41, 5.74) is 7.75. The van der Waals surface area contributed by atoms with Gasteiger partial charge in [0.05, 0.1) is 24.9 Å². The van der Waals surface area contributed by atoms with E-state index < -0.39 is 76.6 Å². The van der Waals surface area contributed by atoms with Crippen LogP contribution in [-0.4, -0.2) is 103 Å². The average Bonchev–Trinajstić information content (AvgIpc) is 3.73. The van der Waals surface area contributed by atoms with E-state index >= 15 is 4.39 Å². The molecule has 0 aliphatic carbocycles. The zero-order chi connectivity index (χ0) is 32.7. The first-order valence-corrected chi connectivity index (χ1v) is 19.4. The lowest BCUT2D eigenvalue weighted by Gasteiger charge is -2.29. The second kappa shape index (κ2) is 11.7. The molecule has 4 aliphatic rings. The zero-order valence-electron chi connectivity index (χ0n) is 24.6. The normalized spacial score (nSPS) is 37.9. The maximum atomic E-state index is 16.1. The lowest BCUT2D eigenvalue weighted by atomic mass is 10.1. The summed E-state index contributed by atoms with van der Waals surface area (Å²) in [6.07, 6.45) is -3.74. The first-order chi connectivity index (χ1) is 22.5. The lowest BCUT2D eigenvalue weighted by molar-refractivity contribution is -0.0555. The molecule has 3 saturated heterocycles. The van der Waals surface area contributed by atoms with Crippen LogP contribution in [0.2, 0.25) is 0 Å². The number of nitrogens with one attached hydrogen (secondary N) is 1. The number of nitrogen functional groups attached to an aromatic ring is 1. The molecule has 10 atom stereocenters. The highest BCUT2D eigenvalue weighted by Gasteiger charge is 2.53. The predicted molar refractivity (Wildman–Crippen MR) is 167 cm³/mol. The first-order valence-electron chi connectivity index (χ1n) is 14.7. The van der Waals surface area contributed by atoms with Crippen molar-refractivity contribution in [1.82, 2.24) is 34.1 Å². The summed E-state index contributed by atoms with van der Waals surface area (Å²) in [6.45, 7) is -4.57. The Kier molecular flexibility index (Phi) is 7.87. The Morgan fingerprint density at radius 2 is 1.74 bits per heavy atom. The third-order valence-electron chi connectivity index (χ3n) is 8.56. The summed E-state index contributed by atoms with van der Waals surface area (Å²) in [7, 11) is -2.78. The molecule has 8 heterocycles. The Morgan fingerprint density at radius 3 is 2.60 bits per heavy atom. The highest BCUT2D eigenvalue weighted by atomic mass is 32.7. The van der Waals surface area contributed by atoms with Gasteiger partial charge in [0.15, 0.2) is 30.1 Å². The number of hydrogen-bond donors (Lipinski definition) is 4. The van der Waals surface area contributed by atoms with Crippen LogP contribution in [0.3, 0.4) is 0 Å². The molecule has 0 amide bonds. The number of nitrogens with two attached hydrogens (primary N) is 1. The number of alkyl halides is 1. The molecule has 4 N–H and O–H groups in total. The number of hydrogen-bond acceptors (Lipinski definition) is 16. The summed E-state index contributed by atoms with van der Waals surface area (Å²) in [5.74, 6) is 0.747. The fraction of sp³-hybridized carbons (Fsp3) is 0.542. The van der Waals surface area contributed by atoms with Crippen LogP contribution in [0.15, 0.2) is 25.2 Å². The van der Waals surface area contributed by atoms with E-state index in [-0.39, 0.29) is 17.0 Å². The van der Waals surface area contributed by atoms with Crippen LogP contribution >= 0.6 is 26.5 Å². The maximum absolute atomic E-state index is 16.1. The van der Waals surface area contributed by atoms with Gasteiger partial charge in [-0.3, -0.25) is 18.2 Å². The molecule has 47 heavy (non-hydrogen) atoms. The smallest absolute Gasteiger partial charge is 0.386 e. The van der Waals surface area contributed by atoms with Crippen molar-refractivity contribution in [2.75, 3.05) is 30.8 Å². The van der Waals surface area contributed by atoms with Gasteiger partial charge in [-0.05, 0) is 18.4 Å². The van der Waals surface area contributed by atoms with E-state index in [1.807, 2.05) is 6.20 Å². The van der Waals surface area contributed by atoms with E-state index in [9.17, 15) is 14.2 Å². The fourth-order valence-corrected chi connectivity index (χ4v) is 9.09. The molecule has 0 bridgehead atoms. The van der Waals surface area contributed by atoms with E-state index in [1.54, 1.807) is 4.57 Å². The van der Waals surface area contributed by atoms with E-state index in [4.69, 9.17) is 33.3 Å². The van der Waals surface area contributed by atoms with Crippen LogP contribution in [0, 0.1) is 0 Å². The van der Waals surface area contributed by atoms with Crippen molar-refractivity contribution in [2.24, 2.45) is 0 Å². The molecule has 4 aromatic rings. The molecule has 18 nitrogen and oxygen atoms in total. The Hall–Kier alpha value is -2.71. The van der Waals surface area contributed by atoms with Crippen molar-refractivity contribution in [3.05, 3.63) is 30.7 Å². The second-order valence-electron chi connectivity index (χ2n) is 11.6. The third kappa shape index (κ3) is 5.55. The predicted octanol–water partition coefficient (Wildman–Crippen LogP) is 1.30. The Bertz CT molecular complexity index is 1960. The average molecular weight is 711 g/mol. The van der Waals surface area contributed by atoms with Crippen molar-refractivity contribution in [3.63, 3.8) is 0 Å². The summed E-state index contributed by atoms with van der Waals surface area (Å²) in [6, 6.07) is 0. The number of halogens is 1. The molecule has 0 radical (unpaired) electrons. The van der Waals surface area contributed by atoms with Crippen molar-refractivity contribution < 1.29 is 46.2 Å². The number of aliphatic hydroxyl groups is 1. The summed E-state index contributed by atoms with van der Waals surface area (Å²) >= 11 is 4.10. The van der Waals surface area contributed by atoms with Crippen molar-refractivity contribution >= 4 is 67.9 Å². The number of aryl methyl sites for hydroxylation is 1. The van der Waals surface area contributed by atoms with Gasteiger partial charge in [-0.2, -0.15) is 0 Å². The lowest BCUT2D eigenvalue weighted by Crippen LogP contribution is -2.38. The monoisotopic (exact) mass is 711 g/mol. The van der Waals surface area contributed by atoms with Crippen LogP contribution in [-0.2, 0) is 43.1 Å². The number of imidazole rings is 1. The number of ether oxygens (including phenoxy) is 2. The molecule has 3 fully saturated rings. The molecular formula is C24H29BFN9O9P2S. The van der Waals surface area contributed by atoms with Crippen molar-refractivity contribution in [2.45, 2.75) is 62.0 Å². The molecule has 0 spiro atoms. The van der Waals surface area contributed by atoms with Crippen LogP contribution in [0.25, 0.3) is 22.2 Å². The third-order valence-corrected chi connectivity index (χ3v) is 11.4. The van der Waals surface area contributed by atoms with Crippen LogP contribution in [0.4, 0.5) is 16.0 Å². The van der Waals surface area contributed by atoms with Gasteiger partial charge >= 0.3 is 6.80 Å². The minimum absolute atomic E-state index is 0.0809. The Balaban J connectivity index is 1.08. The molecular weight excluding hydrogens is 682 g/mol. The molecule has 0 aromatic carbocycles. The minimum atomic E-state index is -4.31. The number of thiol groups is 1. The Labute approximate surface area is 271 Å². The van der Waals surface area contributed by atoms with Crippen LogP contribution in [0.1, 0.15) is 24.4 Å². The molecule has 8 rings (SSSR count). The van der Waals surface area contributed by atoms with Gasteiger partial charge in [0.1, 0.15) is 60.2 Å². The second-order valence-corrected chi connectivity index (χ2v) is 16.5. The van der Waals surface area contributed by atoms with Gasteiger partial charge in [-0.1, -0.05) is 12.2 Å². The summed E-state index contributed by atoms with van der Waals surface area (Å²) in [5, 5.41) is 15.6. The first kappa shape index (κ1) is 31.6. The number of aromatic nitrogens is 7. The van der Waals surface area contributed by atoms with Gasteiger partial charge in [0, 0.05) is 12.7 Å². The van der Waals surface area contributed by atoms with E-state index in [0.29, 0.717) is 11.5 Å². The maximum Gasteiger partial charge on any atom is 0.386 e. The van der Waals surface area contributed by atoms with Gasteiger partial charge in [0.2, 0.25) is 0 Å². The van der Waals surface area contributed by atoms with E-state index in [0.717, 1.165) is 30.3 Å². The summed E-state index contributed by atoms with van der Waals surface area (Å²) < 4.78 is 81.1. The van der Waals surface area contributed by atoms with Gasteiger partial charge in [-0.25, -0.2) is 33.9 Å². The number of fused-ring (bicyclic) bond motifs is 3. The number of anilines is 2. The SMILES string of the molecule is BP1(=O)OC[C@H]2O[C@@H](n3cnc4c(N)ncnc43)C(F)C2OP(=O)(S)OC[C@H]2O[C@@H](n3cc4c5c(ncnc53)NCCC4)C(O)C2O1. The van der Waals surface area contributed by atoms with Crippen molar-refractivity contribution in [1.29, 1.82) is 0 Å². The number of rotatable bonds is 2. The fourth-order valence-electron chi connectivity index (χ4n) is 6.42. The largest absolute Gasteiger partial charge is 0.386 e. The number of aliphatic hydroxyl groups excluding tert-OH is 1. The Morgan fingerprint density at radius 1 is 1.00 bits per heavy atom. The molecule has 4 aliphatic heterocycles. The van der Waals surface area contributed by atoms with E-state index in [2.05, 4.69) is 42.5 Å². The number of nitrogens with zero attached hydrogens (tertiary/aromatic N) is 7. The standard InChI is InChI=1S/C24H29BFN9O9P2S/c25-45(37)39-5-11-17(14(26)23(41-11)35-9-33-15-19(27)29-7-32-22(15)35)44-46(38,47)40-6-12-18(43-45)16(36)24(42-12)34-4-10-2-1-3-28-20-13(10)21(34)31-8-30-20/h4,7-9,11-12,14,16-18,23-24,36H,1-3,5-6,25H2,(H,38,47)(H2,27,29,32)(H,28,30,31)/t11-,12-,14?,16?,17?,18?,23-,24-,45?,46?/m1/s1.